The number of allylic oxidation sites excluding steroid dienone is 1. The number of anilines is 1. The van der Waals surface area contributed by atoms with Gasteiger partial charge in [-0.15, -0.1) is 0 Å². The molecular formula is C16H13N3O. The number of nitrogens with zero attached hydrogens (tertiary/aromatic N) is 1. The highest BCUT2D eigenvalue weighted by molar-refractivity contribution is 5.59. The van der Waals surface area contributed by atoms with Gasteiger partial charge in [-0.2, -0.15) is 5.26 Å². The predicted molar refractivity (Wildman–Crippen MR) is 76.6 cm³/mol. The predicted octanol–water partition coefficient (Wildman–Crippen LogP) is 2.49. The molecule has 0 radical (unpaired) electrons. The Morgan fingerprint density at radius 1 is 1.05 bits per heavy atom. The Bertz CT molecular complexity index is 729. The molecule has 0 aromatic heterocycles. The van der Waals surface area contributed by atoms with Gasteiger partial charge in [-0.1, -0.05) is 36.4 Å². The van der Waals surface area contributed by atoms with Gasteiger partial charge in [0.15, 0.2) is 0 Å². The highest BCUT2D eigenvalue weighted by Gasteiger charge is 2.30. The summed E-state index contributed by atoms with van der Waals surface area (Å²) in [5.41, 5.74) is 14.6. The number of rotatable bonds is 1. The first-order valence-electron chi connectivity index (χ1n) is 6.22. The van der Waals surface area contributed by atoms with Gasteiger partial charge in [0.05, 0.1) is 5.92 Å². The average Bonchev–Trinajstić information content (AvgIpc) is 2.46. The van der Waals surface area contributed by atoms with Crippen LogP contribution in [0.1, 0.15) is 17.0 Å². The van der Waals surface area contributed by atoms with E-state index in [9.17, 15) is 5.26 Å². The number of nitriles is 1. The maximum absolute atomic E-state index is 9.38. The summed E-state index contributed by atoms with van der Waals surface area (Å²) in [5, 5.41) is 9.38. The molecule has 4 nitrogen and oxygen atoms in total. The molecular weight excluding hydrogens is 250 g/mol. The van der Waals surface area contributed by atoms with Gasteiger partial charge in [-0.05, 0) is 11.6 Å². The SMILES string of the molecule is N#CC1=C(N)Oc2cc(N)ccc2[C@@H]1c1ccccc1. The first-order chi connectivity index (χ1) is 9.70. The molecule has 1 atom stereocenters. The summed E-state index contributed by atoms with van der Waals surface area (Å²) < 4.78 is 5.52. The fraction of sp³-hybridized carbons (Fsp3) is 0.0625. The maximum atomic E-state index is 9.38. The minimum Gasteiger partial charge on any atom is -0.440 e. The third-order valence-electron chi connectivity index (χ3n) is 3.38. The third kappa shape index (κ3) is 1.86. The standard InChI is InChI=1S/C16H13N3O/c17-9-13-15(10-4-2-1-3-5-10)12-7-6-11(18)8-14(12)20-16(13)19/h1-8,15H,18-19H2/t15-/m0/s1. The number of benzene rings is 2. The van der Waals surface area contributed by atoms with Crippen molar-refractivity contribution in [1.29, 1.82) is 5.26 Å². The van der Waals surface area contributed by atoms with Crippen LogP contribution in [0.4, 0.5) is 5.69 Å². The Morgan fingerprint density at radius 3 is 2.50 bits per heavy atom. The van der Waals surface area contributed by atoms with Gasteiger partial charge in [0.1, 0.15) is 17.4 Å². The molecule has 4 N–H and O–H groups in total. The summed E-state index contributed by atoms with van der Waals surface area (Å²) in [5.74, 6) is 0.528. The zero-order chi connectivity index (χ0) is 14.1. The summed E-state index contributed by atoms with van der Waals surface area (Å²) in [6, 6.07) is 17.3. The molecule has 1 aliphatic rings. The van der Waals surface area contributed by atoms with E-state index in [0.29, 0.717) is 17.0 Å². The van der Waals surface area contributed by atoms with Gasteiger partial charge >= 0.3 is 0 Å². The van der Waals surface area contributed by atoms with Crippen LogP contribution < -0.4 is 16.2 Å². The largest absolute Gasteiger partial charge is 0.440 e. The van der Waals surface area contributed by atoms with Crippen LogP contribution >= 0.6 is 0 Å². The summed E-state index contributed by atoms with van der Waals surface area (Å²) in [7, 11) is 0. The molecule has 0 amide bonds. The van der Waals surface area contributed by atoms with Gasteiger partial charge in [-0.25, -0.2) is 0 Å². The molecule has 20 heavy (non-hydrogen) atoms. The fourth-order valence-corrected chi connectivity index (χ4v) is 2.46. The molecule has 3 rings (SSSR count). The topological polar surface area (TPSA) is 85.1 Å². The summed E-state index contributed by atoms with van der Waals surface area (Å²) in [4.78, 5) is 0. The normalized spacial score (nSPS) is 17.1. The van der Waals surface area contributed by atoms with Gasteiger partial charge < -0.3 is 16.2 Å². The molecule has 98 valence electrons. The van der Waals surface area contributed by atoms with Crippen LogP contribution in [0.3, 0.4) is 0 Å². The summed E-state index contributed by atoms with van der Waals surface area (Å²) >= 11 is 0. The molecule has 0 bridgehead atoms. The van der Waals surface area contributed by atoms with Crippen molar-refractivity contribution in [1.82, 2.24) is 0 Å². The van der Waals surface area contributed by atoms with E-state index >= 15 is 0 Å². The van der Waals surface area contributed by atoms with E-state index in [4.69, 9.17) is 16.2 Å². The zero-order valence-corrected chi connectivity index (χ0v) is 10.7. The molecule has 1 aliphatic heterocycles. The molecule has 1 heterocycles. The van der Waals surface area contributed by atoms with E-state index in [2.05, 4.69) is 6.07 Å². The van der Waals surface area contributed by atoms with Crippen molar-refractivity contribution >= 4 is 5.69 Å². The molecule has 0 saturated carbocycles. The van der Waals surface area contributed by atoms with Crippen LogP contribution in [-0.4, -0.2) is 0 Å². The van der Waals surface area contributed by atoms with Gasteiger partial charge in [-0.3, -0.25) is 0 Å². The Morgan fingerprint density at radius 2 is 1.80 bits per heavy atom. The number of nitrogens with two attached hydrogens (primary N) is 2. The zero-order valence-electron chi connectivity index (χ0n) is 10.7. The minimum absolute atomic E-state index is 0.138. The molecule has 2 aromatic carbocycles. The number of nitrogen functional groups attached to an aromatic ring is 1. The van der Waals surface area contributed by atoms with Gasteiger partial charge in [0.25, 0.3) is 0 Å². The molecule has 0 aliphatic carbocycles. The monoisotopic (exact) mass is 263 g/mol. The van der Waals surface area contributed by atoms with Crippen molar-refractivity contribution in [3.05, 3.63) is 71.1 Å². The van der Waals surface area contributed by atoms with Crippen molar-refractivity contribution in [2.75, 3.05) is 5.73 Å². The first-order valence-corrected chi connectivity index (χ1v) is 6.22. The molecule has 0 saturated heterocycles. The lowest BCUT2D eigenvalue weighted by Gasteiger charge is -2.26. The maximum Gasteiger partial charge on any atom is 0.205 e. The van der Waals surface area contributed by atoms with E-state index in [0.717, 1.165) is 11.1 Å². The number of ether oxygens (including phenoxy) is 1. The Hall–Kier alpha value is -2.93. The number of fused-ring (bicyclic) bond motifs is 1. The van der Waals surface area contributed by atoms with Crippen molar-refractivity contribution in [2.24, 2.45) is 5.73 Å². The molecule has 2 aromatic rings. The van der Waals surface area contributed by atoms with E-state index in [1.54, 1.807) is 12.1 Å². The van der Waals surface area contributed by atoms with Crippen LogP contribution in [0.15, 0.2) is 60.0 Å². The lowest BCUT2D eigenvalue weighted by molar-refractivity contribution is 0.394. The van der Waals surface area contributed by atoms with Crippen LogP contribution in [0, 0.1) is 11.3 Å². The number of hydrogen-bond donors (Lipinski definition) is 2. The van der Waals surface area contributed by atoms with Crippen LogP contribution in [-0.2, 0) is 0 Å². The van der Waals surface area contributed by atoms with E-state index < -0.39 is 0 Å². The highest BCUT2D eigenvalue weighted by Crippen LogP contribution is 2.42. The first kappa shape index (κ1) is 12.1. The van der Waals surface area contributed by atoms with Gasteiger partial charge in [0, 0.05) is 17.3 Å². The van der Waals surface area contributed by atoms with Crippen molar-refractivity contribution in [2.45, 2.75) is 5.92 Å². The molecule has 0 unspecified atom stereocenters. The molecule has 0 fully saturated rings. The van der Waals surface area contributed by atoms with Crippen LogP contribution in [0.2, 0.25) is 0 Å². The van der Waals surface area contributed by atoms with E-state index in [1.165, 1.54) is 0 Å². The van der Waals surface area contributed by atoms with Crippen LogP contribution in [0.5, 0.6) is 5.75 Å². The van der Waals surface area contributed by atoms with Crippen LogP contribution in [0.25, 0.3) is 0 Å². The van der Waals surface area contributed by atoms with Crippen molar-refractivity contribution in [3.8, 4) is 11.8 Å². The lowest BCUT2D eigenvalue weighted by Crippen LogP contribution is -2.21. The second kappa shape index (κ2) is 4.63. The smallest absolute Gasteiger partial charge is 0.205 e. The Balaban J connectivity index is 2.23. The Kier molecular flexibility index (Phi) is 2.81. The Labute approximate surface area is 116 Å². The van der Waals surface area contributed by atoms with E-state index in [-0.39, 0.29) is 11.8 Å². The van der Waals surface area contributed by atoms with E-state index in [1.807, 2.05) is 36.4 Å². The molecule has 4 heteroatoms. The average molecular weight is 263 g/mol. The lowest BCUT2D eigenvalue weighted by atomic mass is 9.83. The third-order valence-corrected chi connectivity index (χ3v) is 3.38. The molecule has 0 spiro atoms. The fourth-order valence-electron chi connectivity index (χ4n) is 2.46. The van der Waals surface area contributed by atoms with Gasteiger partial charge in [0.2, 0.25) is 5.88 Å². The minimum atomic E-state index is -0.217. The quantitative estimate of drug-likeness (QED) is 0.774. The highest BCUT2D eigenvalue weighted by atomic mass is 16.5. The summed E-state index contributed by atoms with van der Waals surface area (Å²) in [6.07, 6.45) is 0. The number of hydrogen-bond acceptors (Lipinski definition) is 4. The van der Waals surface area contributed by atoms with Crippen molar-refractivity contribution < 1.29 is 4.74 Å². The van der Waals surface area contributed by atoms with Crippen molar-refractivity contribution in [3.63, 3.8) is 0 Å². The second-order valence-corrected chi connectivity index (χ2v) is 4.63. The summed E-state index contributed by atoms with van der Waals surface area (Å²) in [6.45, 7) is 0. The second-order valence-electron chi connectivity index (χ2n) is 4.63.